The summed E-state index contributed by atoms with van der Waals surface area (Å²) < 4.78 is 10.9. The number of ether oxygens (including phenoxy) is 2. The fourth-order valence-corrected chi connectivity index (χ4v) is 3.24. The van der Waals surface area contributed by atoms with Gasteiger partial charge in [-0.1, -0.05) is 6.08 Å². The number of carbonyl (C=O) groups is 2. The van der Waals surface area contributed by atoms with E-state index in [1.54, 1.807) is 7.11 Å². The number of methoxy groups -OCH3 is 2. The molecule has 0 aliphatic heterocycles. The molecule has 0 amide bonds. The molecule has 1 aromatic carbocycles. The van der Waals surface area contributed by atoms with Gasteiger partial charge in [0.25, 0.3) is 0 Å². The van der Waals surface area contributed by atoms with Gasteiger partial charge in [-0.15, -0.1) is 17.9 Å². The fraction of sp³-hybridized carbons (Fsp3) is 0.294. The Labute approximate surface area is 133 Å². The largest absolute Gasteiger partial charge is 0.496 e. The summed E-state index contributed by atoms with van der Waals surface area (Å²) in [6.07, 6.45) is 2.80. The number of rotatable bonds is 7. The van der Waals surface area contributed by atoms with E-state index in [9.17, 15) is 9.59 Å². The molecule has 4 nitrogen and oxygen atoms in total. The normalized spacial score (nSPS) is 10.5. The van der Waals surface area contributed by atoms with Gasteiger partial charge in [0.05, 0.1) is 25.5 Å². The second-order valence-electron chi connectivity index (χ2n) is 4.80. The molecule has 0 saturated heterocycles. The predicted octanol–water partition coefficient (Wildman–Crippen LogP) is 3.77. The molecule has 0 unspecified atom stereocenters. The van der Waals surface area contributed by atoms with Gasteiger partial charge in [-0.2, -0.15) is 0 Å². The van der Waals surface area contributed by atoms with Crippen molar-refractivity contribution in [2.24, 2.45) is 0 Å². The van der Waals surface area contributed by atoms with E-state index in [0.717, 1.165) is 21.4 Å². The number of benzene rings is 1. The topological polar surface area (TPSA) is 52.6 Å². The van der Waals surface area contributed by atoms with Gasteiger partial charge in [0.2, 0.25) is 0 Å². The molecule has 2 aromatic rings. The summed E-state index contributed by atoms with van der Waals surface area (Å²) in [5, 5.41) is 1.00. The molecule has 0 spiro atoms. The lowest BCUT2D eigenvalue weighted by Crippen LogP contribution is -2.04. The molecule has 0 fully saturated rings. The molecule has 22 heavy (non-hydrogen) atoms. The monoisotopic (exact) mass is 318 g/mol. The van der Waals surface area contributed by atoms with Crippen molar-refractivity contribution in [3.8, 4) is 5.75 Å². The van der Waals surface area contributed by atoms with Crippen molar-refractivity contribution in [1.29, 1.82) is 0 Å². The van der Waals surface area contributed by atoms with Crippen molar-refractivity contribution in [1.82, 2.24) is 0 Å². The van der Waals surface area contributed by atoms with E-state index in [2.05, 4.69) is 11.3 Å². The van der Waals surface area contributed by atoms with Crippen LogP contribution in [0, 0.1) is 0 Å². The van der Waals surface area contributed by atoms with Crippen LogP contribution in [0.4, 0.5) is 0 Å². The molecule has 2 rings (SSSR count). The van der Waals surface area contributed by atoms with Crippen molar-refractivity contribution < 1.29 is 19.1 Å². The van der Waals surface area contributed by atoms with Crippen LogP contribution in [-0.2, 0) is 16.0 Å². The summed E-state index contributed by atoms with van der Waals surface area (Å²) in [6.45, 7) is 3.74. The number of allylic oxidation sites excluding steroid dienone is 1. The van der Waals surface area contributed by atoms with Gasteiger partial charge in [0, 0.05) is 11.1 Å². The Balaban J connectivity index is 2.27. The fourth-order valence-electron chi connectivity index (χ4n) is 2.20. The maximum atomic E-state index is 12.2. The Morgan fingerprint density at radius 3 is 2.64 bits per heavy atom. The first-order chi connectivity index (χ1) is 10.6. The highest BCUT2D eigenvalue weighted by Crippen LogP contribution is 2.33. The Morgan fingerprint density at radius 1 is 1.23 bits per heavy atom. The molecule has 0 aliphatic rings. The summed E-state index contributed by atoms with van der Waals surface area (Å²) in [7, 11) is 2.95. The van der Waals surface area contributed by atoms with Crippen molar-refractivity contribution in [2.45, 2.75) is 19.3 Å². The number of hydrogen-bond donors (Lipinski definition) is 0. The third-order valence-electron chi connectivity index (χ3n) is 3.34. The van der Waals surface area contributed by atoms with Gasteiger partial charge in [-0.25, -0.2) is 0 Å². The minimum Gasteiger partial charge on any atom is -0.496 e. The van der Waals surface area contributed by atoms with Crippen LogP contribution in [0.2, 0.25) is 0 Å². The van der Waals surface area contributed by atoms with E-state index in [1.807, 2.05) is 24.3 Å². The second kappa shape index (κ2) is 7.22. The molecule has 116 valence electrons. The average Bonchev–Trinajstić information content (AvgIpc) is 2.94. The minimum absolute atomic E-state index is 0.0455. The van der Waals surface area contributed by atoms with Crippen molar-refractivity contribution in [3.05, 3.63) is 41.3 Å². The van der Waals surface area contributed by atoms with Gasteiger partial charge in [0.15, 0.2) is 5.78 Å². The molecule has 1 aromatic heterocycles. The first-order valence-electron chi connectivity index (χ1n) is 6.90. The molecule has 0 N–H and O–H groups in total. The van der Waals surface area contributed by atoms with E-state index in [1.165, 1.54) is 18.4 Å². The van der Waals surface area contributed by atoms with Crippen LogP contribution < -0.4 is 4.74 Å². The summed E-state index contributed by atoms with van der Waals surface area (Å²) >= 11 is 1.41. The molecule has 5 heteroatoms. The van der Waals surface area contributed by atoms with Crippen molar-refractivity contribution >= 4 is 33.2 Å². The number of thiophene rings is 1. The van der Waals surface area contributed by atoms with Gasteiger partial charge in [-0.05, 0) is 35.6 Å². The van der Waals surface area contributed by atoms with Crippen LogP contribution in [0.1, 0.15) is 28.1 Å². The van der Waals surface area contributed by atoms with Gasteiger partial charge >= 0.3 is 5.97 Å². The van der Waals surface area contributed by atoms with Crippen LogP contribution in [-0.4, -0.2) is 26.0 Å². The van der Waals surface area contributed by atoms with Crippen molar-refractivity contribution in [2.75, 3.05) is 14.2 Å². The highest BCUT2D eigenvalue weighted by Gasteiger charge is 2.14. The lowest BCUT2D eigenvalue weighted by Gasteiger charge is -2.06. The quantitative estimate of drug-likeness (QED) is 0.443. The number of carbonyl (C=O) groups excluding carboxylic acids is 2. The summed E-state index contributed by atoms with van der Waals surface area (Å²) in [4.78, 5) is 23.9. The minimum atomic E-state index is -0.371. The Hall–Kier alpha value is -2.14. The van der Waals surface area contributed by atoms with E-state index in [4.69, 9.17) is 4.74 Å². The van der Waals surface area contributed by atoms with Crippen LogP contribution in [0.25, 0.3) is 10.1 Å². The summed E-state index contributed by atoms with van der Waals surface area (Å²) in [6, 6.07) is 5.82. The summed E-state index contributed by atoms with van der Waals surface area (Å²) in [5.41, 5.74) is 1.04. The number of fused-ring (bicyclic) bond motifs is 1. The number of ketones is 1. The van der Waals surface area contributed by atoms with E-state index < -0.39 is 0 Å². The zero-order chi connectivity index (χ0) is 16.1. The lowest BCUT2D eigenvalue weighted by molar-refractivity contribution is -0.140. The van der Waals surface area contributed by atoms with Crippen LogP contribution in [0.15, 0.2) is 30.9 Å². The van der Waals surface area contributed by atoms with Gasteiger partial charge in [-0.3, -0.25) is 9.59 Å². The predicted molar refractivity (Wildman–Crippen MR) is 87.9 cm³/mol. The molecule has 0 saturated carbocycles. The molecular formula is C17H18O4S. The molecule has 0 atom stereocenters. The van der Waals surface area contributed by atoms with Crippen LogP contribution in [0.3, 0.4) is 0 Å². The molecule has 0 bridgehead atoms. The highest BCUT2D eigenvalue weighted by molar-refractivity contribution is 7.20. The van der Waals surface area contributed by atoms with Gasteiger partial charge in [0.1, 0.15) is 5.75 Å². The number of Topliss-reactive ketones (excluding diaryl/α,β-unsaturated/α-hetero) is 1. The SMILES string of the molecule is C=CCc1cc2cc(C(=O)CCC(=O)OC)sc2cc1OC. The summed E-state index contributed by atoms with van der Waals surface area (Å²) in [5.74, 6) is 0.378. The number of esters is 1. The number of hydrogen-bond acceptors (Lipinski definition) is 5. The standard InChI is InChI=1S/C17H18O4S/c1-4-5-11-8-12-9-16(13(18)6-7-17(19)21-3)22-15(12)10-14(11)20-2/h4,8-10H,1,5-7H2,2-3H3. The van der Waals surface area contributed by atoms with Crippen LogP contribution in [0.5, 0.6) is 5.75 Å². The average molecular weight is 318 g/mol. The highest BCUT2D eigenvalue weighted by atomic mass is 32.1. The first-order valence-corrected chi connectivity index (χ1v) is 7.72. The third-order valence-corrected chi connectivity index (χ3v) is 4.48. The molecule has 0 radical (unpaired) electrons. The first kappa shape index (κ1) is 16.2. The Bertz CT molecular complexity index is 715. The van der Waals surface area contributed by atoms with Crippen molar-refractivity contribution in [3.63, 3.8) is 0 Å². The maximum absolute atomic E-state index is 12.2. The Kier molecular flexibility index (Phi) is 5.33. The van der Waals surface area contributed by atoms with E-state index in [-0.39, 0.29) is 24.6 Å². The lowest BCUT2D eigenvalue weighted by atomic mass is 10.1. The van der Waals surface area contributed by atoms with Gasteiger partial charge < -0.3 is 9.47 Å². The zero-order valence-corrected chi connectivity index (χ0v) is 13.5. The zero-order valence-electron chi connectivity index (χ0n) is 12.7. The molecule has 0 aliphatic carbocycles. The Morgan fingerprint density at radius 2 is 2.00 bits per heavy atom. The van der Waals surface area contributed by atoms with E-state index >= 15 is 0 Å². The second-order valence-corrected chi connectivity index (χ2v) is 5.89. The third kappa shape index (κ3) is 3.54. The molecular weight excluding hydrogens is 300 g/mol. The molecule has 1 heterocycles. The van der Waals surface area contributed by atoms with E-state index in [0.29, 0.717) is 11.3 Å². The van der Waals surface area contributed by atoms with Crippen LogP contribution >= 0.6 is 11.3 Å². The maximum Gasteiger partial charge on any atom is 0.305 e. The smallest absolute Gasteiger partial charge is 0.305 e.